The van der Waals surface area contributed by atoms with E-state index >= 15 is 0 Å². The van der Waals surface area contributed by atoms with E-state index < -0.39 is 40.6 Å². The molecule has 0 bridgehead atoms. The molecule has 0 spiro atoms. The first kappa shape index (κ1) is 12.7. The van der Waals surface area contributed by atoms with Gasteiger partial charge in [0.1, 0.15) is 11.6 Å². The smallest absolute Gasteiger partial charge is 0.335 e. The van der Waals surface area contributed by atoms with Crippen LogP contribution in [0.2, 0.25) is 0 Å². The van der Waals surface area contributed by atoms with E-state index in [9.17, 15) is 22.4 Å². The summed E-state index contributed by atoms with van der Waals surface area (Å²) in [6.45, 7) is 2.94. The van der Waals surface area contributed by atoms with Crippen molar-refractivity contribution in [2.24, 2.45) is 0 Å². The minimum Gasteiger partial charge on any atom is -0.417 e. The number of esters is 1. The molecule has 0 fully saturated rings. The SMILES string of the molecule is C=CC(=O)Oc1c(F)c(F)c(C#N)c(F)c1F. The van der Waals surface area contributed by atoms with Gasteiger partial charge in [-0.3, -0.25) is 0 Å². The Hall–Kier alpha value is -2.36. The number of carbonyl (C=O) groups excluding carboxylic acids is 1. The van der Waals surface area contributed by atoms with Gasteiger partial charge in [-0.25, -0.2) is 13.6 Å². The highest BCUT2D eigenvalue weighted by molar-refractivity contribution is 5.83. The Morgan fingerprint density at radius 1 is 1.18 bits per heavy atom. The highest BCUT2D eigenvalue weighted by Gasteiger charge is 2.27. The third kappa shape index (κ3) is 2.10. The van der Waals surface area contributed by atoms with Gasteiger partial charge in [-0.15, -0.1) is 0 Å². The number of hydrogen-bond donors (Lipinski definition) is 0. The fourth-order valence-electron chi connectivity index (χ4n) is 0.942. The van der Waals surface area contributed by atoms with Crippen LogP contribution in [0.4, 0.5) is 17.6 Å². The van der Waals surface area contributed by atoms with Gasteiger partial charge in [0, 0.05) is 6.08 Å². The van der Waals surface area contributed by atoms with Gasteiger partial charge in [0.2, 0.25) is 17.4 Å². The van der Waals surface area contributed by atoms with E-state index in [-0.39, 0.29) is 0 Å². The lowest BCUT2D eigenvalue weighted by Crippen LogP contribution is -2.10. The minimum absolute atomic E-state index is 0.549. The summed E-state index contributed by atoms with van der Waals surface area (Å²) in [5.41, 5.74) is -1.43. The van der Waals surface area contributed by atoms with Gasteiger partial charge in [0.25, 0.3) is 0 Å². The molecule has 0 aromatic heterocycles. The van der Waals surface area contributed by atoms with E-state index in [2.05, 4.69) is 11.3 Å². The van der Waals surface area contributed by atoms with E-state index in [1.54, 1.807) is 0 Å². The molecule has 0 aliphatic rings. The van der Waals surface area contributed by atoms with Gasteiger partial charge in [-0.1, -0.05) is 6.58 Å². The van der Waals surface area contributed by atoms with Crippen molar-refractivity contribution in [1.82, 2.24) is 0 Å². The molecule has 0 unspecified atom stereocenters. The molecule has 1 aromatic rings. The largest absolute Gasteiger partial charge is 0.417 e. The lowest BCUT2D eigenvalue weighted by Gasteiger charge is -2.07. The molecule has 0 atom stereocenters. The summed E-state index contributed by atoms with van der Waals surface area (Å²) in [6.07, 6.45) is 0.549. The van der Waals surface area contributed by atoms with E-state index in [1.165, 1.54) is 0 Å². The average molecular weight is 245 g/mol. The third-order valence-corrected chi connectivity index (χ3v) is 1.70. The number of nitrogens with zero attached hydrogens (tertiary/aromatic N) is 1. The highest BCUT2D eigenvalue weighted by Crippen LogP contribution is 2.29. The standard InChI is InChI=1S/C10H3F4NO2/c1-2-5(16)17-10-8(13)6(11)4(3-15)7(12)9(10)14/h2H,1H2. The maximum Gasteiger partial charge on any atom is 0.335 e. The van der Waals surface area contributed by atoms with Crippen LogP contribution in [0.3, 0.4) is 0 Å². The monoisotopic (exact) mass is 245 g/mol. The first-order valence-electron chi connectivity index (χ1n) is 4.04. The van der Waals surface area contributed by atoms with Crippen LogP contribution < -0.4 is 4.74 Å². The number of benzene rings is 1. The second-order valence-corrected chi connectivity index (χ2v) is 2.70. The zero-order chi connectivity index (χ0) is 13.2. The first-order chi connectivity index (χ1) is 7.93. The molecule has 88 valence electrons. The zero-order valence-electron chi connectivity index (χ0n) is 8.06. The molecule has 0 aliphatic heterocycles. The van der Waals surface area contributed by atoms with E-state index in [1.807, 2.05) is 0 Å². The normalized spacial score (nSPS) is 9.59. The Kier molecular flexibility index (Phi) is 3.48. The van der Waals surface area contributed by atoms with E-state index in [4.69, 9.17) is 5.26 Å². The molecule has 1 rings (SSSR count). The number of ether oxygens (including phenoxy) is 1. The predicted octanol–water partition coefficient (Wildman–Crippen LogP) is 2.21. The van der Waals surface area contributed by atoms with Crippen LogP contribution in [0, 0.1) is 34.6 Å². The van der Waals surface area contributed by atoms with Crippen LogP contribution >= 0.6 is 0 Å². The summed E-state index contributed by atoms with van der Waals surface area (Å²) in [6, 6.07) is 0.949. The quantitative estimate of drug-likeness (QED) is 0.264. The summed E-state index contributed by atoms with van der Waals surface area (Å²) < 4.78 is 56.3. The van der Waals surface area contributed by atoms with Crippen molar-refractivity contribution in [3.05, 3.63) is 41.5 Å². The maximum absolute atomic E-state index is 13.1. The molecule has 0 N–H and O–H groups in total. The molecule has 0 aliphatic carbocycles. The van der Waals surface area contributed by atoms with Crippen molar-refractivity contribution >= 4 is 5.97 Å². The predicted molar refractivity (Wildman–Crippen MR) is 46.8 cm³/mol. The molecule has 0 heterocycles. The Balaban J connectivity index is 3.49. The van der Waals surface area contributed by atoms with Gasteiger partial charge < -0.3 is 4.74 Å². The first-order valence-corrected chi connectivity index (χ1v) is 4.04. The molecule has 0 radical (unpaired) electrons. The van der Waals surface area contributed by atoms with E-state index in [0.717, 1.165) is 6.07 Å². The van der Waals surface area contributed by atoms with Crippen LogP contribution in [0.25, 0.3) is 0 Å². The van der Waals surface area contributed by atoms with Crippen molar-refractivity contribution in [2.45, 2.75) is 0 Å². The molecule has 0 saturated carbocycles. The van der Waals surface area contributed by atoms with Gasteiger partial charge in [0.05, 0.1) is 0 Å². The number of carbonyl (C=O) groups is 1. The molecule has 0 amide bonds. The van der Waals surface area contributed by atoms with Crippen LogP contribution in [0.15, 0.2) is 12.7 Å². The van der Waals surface area contributed by atoms with Crippen molar-refractivity contribution in [1.29, 1.82) is 5.26 Å². The third-order valence-electron chi connectivity index (χ3n) is 1.70. The van der Waals surface area contributed by atoms with Crippen LogP contribution in [-0.4, -0.2) is 5.97 Å². The highest BCUT2D eigenvalue weighted by atomic mass is 19.2. The Labute approximate surface area is 92.5 Å². The van der Waals surface area contributed by atoms with Crippen LogP contribution in [0.1, 0.15) is 5.56 Å². The van der Waals surface area contributed by atoms with Crippen molar-refractivity contribution < 1.29 is 27.1 Å². The molecule has 0 saturated heterocycles. The molecule has 7 heteroatoms. The number of rotatable bonds is 2. The number of nitriles is 1. The fourth-order valence-corrected chi connectivity index (χ4v) is 0.942. The second-order valence-electron chi connectivity index (χ2n) is 2.70. The van der Waals surface area contributed by atoms with Gasteiger partial charge in [0.15, 0.2) is 11.6 Å². The Bertz CT molecular complexity index is 519. The summed E-state index contributed by atoms with van der Waals surface area (Å²) in [7, 11) is 0. The van der Waals surface area contributed by atoms with Gasteiger partial charge >= 0.3 is 5.97 Å². The molecule has 1 aromatic carbocycles. The van der Waals surface area contributed by atoms with Crippen molar-refractivity contribution in [2.75, 3.05) is 0 Å². The topological polar surface area (TPSA) is 50.1 Å². The summed E-state index contributed by atoms with van der Waals surface area (Å²) in [5, 5.41) is 8.28. The lowest BCUT2D eigenvalue weighted by molar-refractivity contribution is -0.129. The Morgan fingerprint density at radius 3 is 2.00 bits per heavy atom. The average Bonchev–Trinajstić information content (AvgIpc) is 2.32. The van der Waals surface area contributed by atoms with E-state index in [0.29, 0.717) is 6.08 Å². The molecule has 17 heavy (non-hydrogen) atoms. The van der Waals surface area contributed by atoms with Crippen molar-refractivity contribution in [3.8, 4) is 11.8 Å². The van der Waals surface area contributed by atoms with Crippen LogP contribution in [-0.2, 0) is 4.79 Å². The summed E-state index contributed by atoms with van der Waals surface area (Å²) in [5.74, 6) is -10.6. The lowest BCUT2D eigenvalue weighted by atomic mass is 10.2. The molecule has 3 nitrogen and oxygen atoms in total. The number of hydrogen-bond acceptors (Lipinski definition) is 3. The van der Waals surface area contributed by atoms with Gasteiger partial charge in [-0.2, -0.15) is 14.0 Å². The second kappa shape index (κ2) is 4.65. The van der Waals surface area contributed by atoms with Crippen molar-refractivity contribution in [3.63, 3.8) is 0 Å². The summed E-state index contributed by atoms with van der Waals surface area (Å²) in [4.78, 5) is 10.7. The molecular weight excluding hydrogens is 242 g/mol. The van der Waals surface area contributed by atoms with Crippen LogP contribution in [0.5, 0.6) is 5.75 Å². The minimum atomic E-state index is -1.96. The summed E-state index contributed by atoms with van der Waals surface area (Å²) >= 11 is 0. The zero-order valence-corrected chi connectivity index (χ0v) is 8.06. The number of halogens is 4. The Morgan fingerprint density at radius 2 is 1.65 bits per heavy atom. The fraction of sp³-hybridized carbons (Fsp3) is 0. The maximum atomic E-state index is 13.1. The van der Waals surface area contributed by atoms with Gasteiger partial charge in [-0.05, 0) is 0 Å². The molecular formula is C10H3F4NO2.